The van der Waals surface area contributed by atoms with Gasteiger partial charge in [-0.3, -0.25) is 9.59 Å². The van der Waals surface area contributed by atoms with E-state index in [4.69, 9.17) is 10.2 Å². The summed E-state index contributed by atoms with van der Waals surface area (Å²) in [5, 5.41) is 18.3. The van der Waals surface area contributed by atoms with Crippen LogP contribution in [0.15, 0.2) is 29.2 Å². The van der Waals surface area contributed by atoms with Gasteiger partial charge in [-0.2, -0.15) is 4.31 Å². The maximum atomic E-state index is 12.5. The minimum absolute atomic E-state index is 0.122. The number of hydrogen-bond acceptors (Lipinski definition) is 4. The number of aryl methyl sites for hydroxylation is 1. The van der Waals surface area contributed by atoms with Crippen molar-refractivity contribution in [3.63, 3.8) is 0 Å². The molecule has 0 saturated carbocycles. The van der Waals surface area contributed by atoms with E-state index >= 15 is 0 Å². The molecule has 0 aliphatic carbocycles. The van der Waals surface area contributed by atoms with Crippen molar-refractivity contribution in [1.29, 1.82) is 0 Å². The molecule has 0 unspecified atom stereocenters. The molecule has 0 amide bonds. The largest absolute Gasteiger partial charge is 0.480 e. The second-order valence-corrected chi connectivity index (χ2v) is 7.35. The predicted molar refractivity (Wildman–Crippen MR) is 76.9 cm³/mol. The molecule has 0 aromatic heterocycles. The van der Waals surface area contributed by atoms with Crippen LogP contribution in [-0.4, -0.2) is 48.0 Å². The number of piperidine rings is 1. The molecule has 1 aromatic rings. The van der Waals surface area contributed by atoms with Crippen molar-refractivity contribution in [2.75, 3.05) is 13.1 Å². The fourth-order valence-corrected chi connectivity index (χ4v) is 3.93. The standard InChI is InChI=1S/C14H17NO6S/c1-10-2-4-11(5-3-10)22(20,21)15-8-6-14(7-9-15,12(16)17)13(18)19/h2-5H,6-9H2,1H3,(H,16,17)(H,18,19). The van der Waals surface area contributed by atoms with Crippen LogP contribution in [0, 0.1) is 12.3 Å². The Morgan fingerprint density at radius 2 is 1.50 bits per heavy atom. The van der Waals surface area contributed by atoms with E-state index in [9.17, 15) is 18.0 Å². The lowest BCUT2D eigenvalue weighted by Crippen LogP contribution is -2.50. The highest BCUT2D eigenvalue weighted by Crippen LogP contribution is 2.34. The molecule has 1 heterocycles. The third kappa shape index (κ3) is 2.71. The molecule has 7 nitrogen and oxygen atoms in total. The number of carboxylic acids is 2. The SMILES string of the molecule is Cc1ccc(S(=O)(=O)N2CCC(C(=O)O)(C(=O)O)CC2)cc1. The van der Waals surface area contributed by atoms with Crippen LogP contribution < -0.4 is 0 Å². The predicted octanol–water partition coefficient (Wildman–Crippen LogP) is 0.935. The van der Waals surface area contributed by atoms with Crippen LogP contribution in [0.3, 0.4) is 0 Å². The van der Waals surface area contributed by atoms with Crippen LogP contribution in [0.5, 0.6) is 0 Å². The van der Waals surface area contributed by atoms with Crippen molar-refractivity contribution >= 4 is 22.0 Å². The first kappa shape index (κ1) is 16.4. The van der Waals surface area contributed by atoms with Crippen LogP contribution in [0.4, 0.5) is 0 Å². The van der Waals surface area contributed by atoms with Crippen LogP contribution in [0.1, 0.15) is 18.4 Å². The summed E-state index contributed by atoms with van der Waals surface area (Å²) in [4.78, 5) is 22.6. The third-order valence-electron chi connectivity index (χ3n) is 4.05. The van der Waals surface area contributed by atoms with E-state index < -0.39 is 27.4 Å². The fraction of sp³-hybridized carbons (Fsp3) is 0.429. The lowest BCUT2D eigenvalue weighted by atomic mass is 9.79. The molecular weight excluding hydrogens is 310 g/mol. The van der Waals surface area contributed by atoms with Crippen LogP contribution in [-0.2, 0) is 19.6 Å². The molecule has 1 aliphatic rings. The lowest BCUT2D eigenvalue weighted by molar-refractivity contribution is -0.167. The maximum absolute atomic E-state index is 12.5. The van der Waals surface area contributed by atoms with Gasteiger partial charge in [0.05, 0.1) is 4.90 Å². The molecule has 2 rings (SSSR count). The number of rotatable bonds is 4. The van der Waals surface area contributed by atoms with Gasteiger partial charge in [-0.1, -0.05) is 17.7 Å². The number of aliphatic carboxylic acids is 2. The zero-order chi connectivity index (χ0) is 16.5. The van der Waals surface area contributed by atoms with E-state index in [1.807, 2.05) is 6.92 Å². The van der Waals surface area contributed by atoms with Crippen molar-refractivity contribution in [1.82, 2.24) is 4.31 Å². The van der Waals surface area contributed by atoms with Gasteiger partial charge in [0.2, 0.25) is 10.0 Å². The van der Waals surface area contributed by atoms with Crippen molar-refractivity contribution in [3.05, 3.63) is 29.8 Å². The Labute approximate surface area is 128 Å². The average Bonchev–Trinajstić information content (AvgIpc) is 2.47. The highest BCUT2D eigenvalue weighted by Gasteiger charge is 2.50. The van der Waals surface area contributed by atoms with Crippen LogP contribution >= 0.6 is 0 Å². The van der Waals surface area contributed by atoms with Gasteiger partial charge in [-0.25, -0.2) is 8.42 Å². The van der Waals surface area contributed by atoms with E-state index in [1.165, 1.54) is 12.1 Å². The Morgan fingerprint density at radius 3 is 1.91 bits per heavy atom. The van der Waals surface area contributed by atoms with E-state index in [2.05, 4.69) is 0 Å². The summed E-state index contributed by atoms with van der Waals surface area (Å²) in [5.74, 6) is -2.85. The molecule has 1 saturated heterocycles. The number of nitrogens with zero attached hydrogens (tertiary/aromatic N) is 1. The molecule has 0 radical (unpaired) electrons. The molecule has 0 spiro atoms. The highest BCUT2D eigenvalue weighted by molar-refractivity contribution is 7.89. The normalized spacial score (nSPS) is 18.8. The Hall–Kier alpha value is -1.93. The molecular formula is C14H17NO6S. The van der Waals surface area contributed by atoms with Gasteiger partial charge >= 0.3 is 11.9 Å². The van der Waals surface area contributed by atoms with E-state index in [0.29, 0.717) is 0 Å². The number of carboxylic acid groups (broad SMARTS) is 2. The number of benzene rings is 1. The summed E-state index contributed by atoms with van der Waals surface area (Å²) in [6, 6.07) is 6.33. The Bertz CT molecular complexity index is 671. The van der Waals surface area contributed by atoms with Crippen LogP contribution in [0.2, 0.25) is 0 Å². The molecule has 1 aromatic carbocycles. The topological polar surface area (TPSA) is 112 Å². The van der Waals surface area contributed by atoms with Crippen molar-refractivity contribution in [2.45, 2.75) is 24.7 Å². The minimum Gasteiger partial charge on any atom is -0.480 e. The minimum atomic E-state index is -3.73. The summed E-state index contributed by atoms with van der Waals surface area (Å²) in [6.45, 7) is 1.58. The van der Waals surface area contributed by atoms with Gasteiger partial charge in [0.25, 0.3) is 0 Å². The molecule has 22 heavy (non-hydrogen) atoms. The van der Waals surface area contributed by atoms with Gasteiger partial charge in [0, 0.05) is 13.1 Å². The van der Waals surface area contributed by atoms with Gasteiger partial charge in [0.1, 0.15) is 0 Å². The average molecular weight is 327 g/mol. The van der Waals surface area contributed by atoms with Crippen LogP contribution in [0.25, 0.3) is 0 Å². The molecule has 2 N–H and O–H groups in total. The molecule has 0 atom stereocenters. The fourth-order valence-electron chi connectivity index (χ4n) is 2.49. The summed E-state index contributed by atoms with van der Waals surface area (Å²) in [7, 11) is -3.73. The van der Waals surface area contributed by atoms with E-state index in [0.717, 1.165) is 9.87 Å². The smallest absolute Gasteiger partial charge is 0.321 e. The first-order valence-corrected chi connectivity index (χ1v) is 8.18. The Morgan fingerprint density at radius 1 is 1.05 bits per heavy atom. The van der Waals surface area contributed by atoms with Gasteiger partial charge in [0.15, 0.2) is 5.41 Å². The lowest BCUT2D eigenvalue weighted by Gasteiger charge is -2.35. The van der Waals surface area contributed by atoms with E-state index in [-0.39, 0.29) is 30.8 Å². The first-order valence-electron chi connectivity index (χ1n) is 6.74. The third-order valence-corrected chi connectivity index (χ3v) is 5.97. The second kappa shape index (κ2) is 5.69. The highest BCUT2D eigenvalue weighted by atomic mass is 32.2. The number of hydrogen-bond donors (Lipinski definition) is 2. The zero-order valence-corrected chi connectivity index (χ0v) is 12.8. The monoisotopic (exact) mass is 327 g/mol. The zero-order valence-electron chi connectivity index (χ0n) is 12.0. The van der Waals surface area contributed by atoms with Crippen molar-refractivity contribution in [2.24, 2.45) is 5.41 Å². The molecule has 8 heteroatoms. The first-order chi connectivity index (χ1) is 10.2. The van der Waals surface area contributed by atoms with E-state index in [1.54, 1.807) is 12.1 Å². The van der Waals surface area contributed by atoms with Crippen molar-refractivity contribution < 1.29 is 28.2 Å². The number of carbonyl (C=O) groups is 2. The summed E-state index contributed by atoms with van der Waals surface area (Å²) < 4.78 is 26.1. The van der Waals surface area contributed by atoms with Crippen molar-refractivity contribution in [3.8, 4) is 0 Å². The molecule has 1 aliphatic heterocycles. The Kier molecular flexibility index (Phi) is 4.25. The molecule has 1 fully saturated rings. The quantitative estimate of drug-likeness (QED) is 0.796. The second-order valence-electron chi connectivity index (χ2n) is 5.41. The van der Waals surface area contributed by atoms with Gasteiger partial charge < -0.3 is 10.2 Å². The van der Waals surface area contributed by atoms with Gasteiger partial charge in [-0.05, 0) is 31.9 Å². The Balaban J connectivity index is 2.22. The summed E-state index contributed by atoms with van der Waals surface area (Å²) in [5.41, 5.74) is -0.979. The molecule has 120 valence electrons. The molecule has 0 bridgehead atoms. The summed E-state index contributed by atoms with van der Waals surface area (Å²) >= 11 is 0. The maximum Gasteiger partial charge on any atom is 0.321 e. The number of sulfonamides is 1. The van der Waals surface area contributed by atoms with Gasteiger partial charge in [-0.15, -0.1) is 0 Å². The summed E-state index contributed by atoms with van der Waals surface area (Å²) in [6.07, 6.45) is -0.495.